The van der Waals surface area contributed by atoms with Gasteiger partial charge in [-0.05, 0) is 31.5 Å². The van der Waals surface area contributed by atoms with Crippen LogP contribution in [0.15, 0.2) is 30.3 Å². The number of hydrogen-bond acceptors (Lipinski definition) is 4. The van der Waals surface area contributed by atoms with Crippen LogP contribution in [0, 0.1) is 0 Å². The average molecular weight is 273 g/mol. The van der Waals surface area contributed by atoms with E-state index in [1.807, 2.05) is 25.1 Å². The van der Waals surface area contributed by atoms with Gasteiger partial charge in [0.1, 0.15) is 5.82 Å². The molecule has 0 bridgehead atoms. The van der Waals surface area contributed by atoms with E-state index in [2.05, 4.69) is 24.0 Å². The molecule has 0 saturated heterocycles. The number of fused-ring (bicyclic) bond motifs is 1. The summed E-state index contributed by atoms with van der Waals surface area (Å²) >= 11 is 0. The molecule has 0 aliphatic rings. The summed E-state index contributed by atoms with van der Waals surface area (Å²) in [6.07, 6.45) is 0. The largest absolute Gasteiger partial charge is 0.380 e. The average Bonchev–Trinajstić information content (AvgIpc) is 2.50. The number of hydrogen-bond donors (Lipinski definition) is 1. The SMILES string of the molecule is CCOCCN(CC)c1cc(CN)c2ccccc2n1. The predicted octanol–water partition coefficient (Wildman–Crippen LogP) is 2.56. The fourth-order valence-corrected chi connectivity index (χ4v) is 2.32. The van der Waals surface area contributed by atoms with Gasteiger partial charge in [-0.2, -0.15) is 0 Å². The normalized spacial score (nSPS) is 10.9. The topological polar surface area (TPSA) is 51.4 Å². The third-order valence-electron chi connectivity index (χ3n) is 3.42. The minimum Gasteiger partial charge on any atom is -0.380 e. The Bertz CT molecular complexity index is 556. The smallest absolute Gasteiger partial charge is 0.129 e. The first kappa shape index (κ1) is 14.8. The molecule has 0 fully saturated rings. The van der Waals surface area contributed by atoms with Gasteiger partial charge < -0.3 is 15.4 Å². The van der Waals surface area contributed by atoms with Gasteiger partial charge in [0.15, 0.2) is 0 Å². The molecule has 2 aromatic rings. The lowest BCUT2D eigenvalue weighted by atomic mass is 10.1. The minimum atomic E-state index is 0.527. The van der Waals surface area contributed by atoms with Crippen molar-refractivity contribution in [3.8, 4) is 0 Å². The van der Waals surface area contributed by atoms with Crippen LogP contribution in [0.2, 0.25) is 0 Å². The number of anilines is 1. The summed E-state index contributed by atoms with van der Waals surface area (Å²) in [7, 11) is 0. The fourth-order valence-electron chi connectivity index (χ4n) is 2.32. The van der Waals surface area contributed by atoms with Crippen molar-refractivity contribution in [3.63, 3.8) is 0 Å². The van der Waals surface area contributed by atoms with E-state index < -0.39 is 0 Å². The number of para-hydroxylation sites is 1. The lowest BCUT2D eigenvalue weighted by Crippen LogP contribution is -2.28. The summed E-state index contributed by atoms with van der Waals surface area (Å²) in [5.74, 6) is 0.978. The molecule has 0 spiro atoms. The Hall–Kier alpha value is -1.65. The highest BCUT2D eigenvalue weighted by molar-refractivity contribution is 5.84. The number of benzene rings is 1. The lowest BCUT2D eigenvalue weighted by molar-refractivity contribution is 0.154. The van der Waals surface area contributed by atoms with Crippen LogP contribution >= 0.6 is 0 Å². The van der Waals surface area contributed by atoms with Crippen LogP contribution in [-0.2, 0) is 11.3 Å². The van der Waals surface area contributed by atoms with Gasteiger partial charge >= 0.3 is 0 Å². The molecular formula is C16H23N3O. The van der Waals surface area contributed by atoms with Crippen LogP contribution < -0.4 is 10.6 Å². The summed E-state index contributed by atoms with van der Waals surface area (Å²) < 4.78 is 5.44. The van der Waals surface area contributed by atoms with Gasteiger partial charge in [0.2, 0.25) is 0 Å². The lowest BCUT2D eigenvalue weighted by Gasteiger charge is -2.23. The maximum atomic E-state index is 5.88. The van der Waals surface area contributed by atoms with Crippen molar-refractivity contribution >= 4 is 16.7 Å². The molecule has 0 atom stereocenters. The Morgan fingerprint density at radius 1 is 1.25 bits per heavy atom. The quantitative estimate of drug-likeness (QED) is 0.788. The Balaban J connectivity index is 2.32. The first-order valence-corrected chi connectivity index (χ1v) is 7.21. The van der Waals surface area contributed by atoms with Gasteiger partial charge in [-0.1, -0.05) is 18.2 Å². The van der Waals surface area contributed by atoms with Gasteiger partial charge in [0, 0.05) is 31.6 Å². The van der Waals surface area contributed by atoms with E-state index in [0.29, 0.717) is 6.54 Å². The van der Waals surface area contributed by atoms with Crippen molar-refractivity contribution in [2.24, 2.45) is 5.73 Å². The molecule has 2 rings (SSSR count). The van der Waals surface area contributed by atoms with E-state index in [1.165, 1.54) is 0 Å². The van der Waals surface area contributed by atoms with E-state index in [9.17, 15) is 0 Å². The molecule has 1 heterocycles. The second kappa shape index (κ2) is 7.22. The Kier molecular flexibility index (Phi) is 5.32. The van der Waals surface area contributed by atoms with Crippen molar-refractivity contribution in [2.45, 2.75) is 20.4 Å². The summed E-state index contributed by atoms with van der Waals surface area (Å²) in [6, 6.07) is 10.2. The standard InChI is InChI=1S/C16H23N3O/c1-3-19(9-10-20-4-2)16-11-13(12-17)14-7-5-6-8-15(14)18-16/h5-8,11H,3-4,9-10,12,17H2,1-2H3. The molecule has 0 radical (unpaired) electrons. The fraction of sp³-hybridized carbons (Fsp3) is 0.438. The molecule has 2 N–H and O–H groups in total. The highest BCUT2D eigenvalue weighted by Gasteiger charge is 2.09. The van der Waals surface area contributed by atoms with Crippen LogP contribution in [0.25, 0.3) is 10.9 Å². The second-order valence-corrected chi connectivity index (χ2v) is 4.64. The molecule has 20 heavy (non-hydrogen) atoms. The summed E-state index contributed by atoms with van der Waals surface area (Å²) in [4.78, 5) is 6.97. The van der Waals surface area contributed by atoms with Crippen molar-refractivity contribution in [1.82, 2.24) is 4.98 Å². The van der Waals surface area contributed by atoms with Crippen molar-refractivity contribution < 1.29 is 4.74 Å². The first-order chi connectivity index (χ1) is 9.80. The Morgan fingerprint density at radius 2 is 2.05 bits per heavy atom. The molecule has 0 amide bonds. The van der Waals surface area contributed by atoms with E-state index in [0.717, 1.165) is 48.6 Å². The number of pyridine rings is 1. The van der Waals surface area contributed by atoms with Gasteiger partial charge in [0.05, 0.1) is 12.1 Å². The maximum absolute atomic E-state index is 5.88. The Labute approximate surface area is 120 Å². The molecule has 0 unspecified atom stereocenters. The molecule has 1 aromatic carbocycles. The van der Waals surface area contributed by atoms with Gasteiger partial charge in [0.25, 0.3) is 0 Å². The highest BCUT2D eigenvalue weighted by Crippen LogP contribution is 2.22. The summed E-state index contributed by atoms with van der Waals surface area (Å²) in [5, 5.41) is 1.14. The zero-order chi connectivity index (χ0) is 14.4. The second-order valence-electron chi connectivity index (χ2n) is 4.64. The molecule has 0 aliphatic carbocycles. The highest BCUT2D eigenvalue weighted by atomic mass is 16.5. The van der Waals surface area contributed by atoms with Crippen molar-refractivity contribution in [1.29, 1.82) is 0 Å². The molecular weight excluding hydrogens is 250 g/mol. The number of nitrogens with zero attached hydrogens (tertiary/aromatic N) is 2. The predicted molar refractivity (Wildman–Crippen MR) is 84.0 cm³/mol. The van der Waals surface area contributed by atoms with Gasteiger partial charge in [-0.3, -0.25) is 0 Å². The summed E-state index contributed by atoms with van der Waals surface area (Å²) in [5.41, 5.74) is 8.02. The molecule has 1 aromatic heterocycles. The van der Waals surface area contributed by atoms with Gasteiger partial charge in [-0.15, -0.1) is 0 Å². The maximum Gasteiger partial charge on any atom is 0.129 e. The summed E-state index contributed by atoms with van der Waals surface area (Å²) in [6.45, 7) is 7.89. The number of rotatable bonds is 7. The van der Waals surface area contributed by atoms with Crippen molar-refractivity contribution in [2.75, 3.05) is 31.2 Å². The van der Waals surface area contributed by atoms with E-state index in [1.54, 1.807) is 0 Å². The van der Waals surface area contributed by atoms with E-state index in [-0.39, 0.29) is 0 Å². The molecule has 4 nitrogen and oxygen atoms in total. The monoisotopic (exact) mass is 273 g/mol. The van der Waals surface area contributed by atoms with Crippen LogP contribution in [0.3, 0.4) is 0 Å². The van der Waals surface area contributed by atoms with Crippen LogP contribution in [0.4, 0.5) is 5.82 Å². The van der Waals surface area contributed by atoms with E-state index >= 15 is 0 Å². The molecule has 108 valence electrons. The van der Waals surface area contributed by atoms with Crippen LogP contribution in [0.1, 0.15) is 19.4 Å². The minimum absolute atomic E-state index is 0.527. The number of aromatic nitrogens is 1. The van der Waals surface area contributed by atoms with Crippen LogP contribution in [-0.4, -0.2) is 31.3 Å². The molecule has 0 aliphatic heterocycles. The third kappa shape index (κ3) is 3.26. The third-order valence-corrected chi connectivity index (χ3v) is 3.42. The number of ether oxygens (including phenoxy) is 1. The zero-order valence-electron chi connectivity index (χ0n) is 12.3. The number of likely N-dealkylation sites (N-methyl/N-ethyl adjacent to an activating group) is 1. The molecule has 0 saturated carbocycles. The first-order valence-electron chi connectivity index (χ1n) is 7.21. The number of nitrogens with two attached hydrogens (primary N) is 1. The van der Waals surface area contributed by atoms with Crippen molar-refractivity contribution in [3.05, 3.63) is 35.9 Å². The molecule has 4 heteroatoms. The zero-order valence-corrected chi connectivity index (χ0v) is 12.3. The van der Waals surface area contributed by atoms with E-state index in [4.69, 9.17) is 15.5 Å². The van der Waals surface area contributed by atoms with Gasteiger partial charge in [-0.25, -0.2) is 4.98 Å². The Morgan fingerprint density at radius 3 is 2.75 bits per heavy atom. The van der Waals surface area contributed by atoms with Crippen LogP contribution in [0.5, 0.6) is 0 Å².